The molecule has 1 aromatic rings. The fraction of sp³-hybridized carbons (Fsp3) is 0.571. The first-order valence-electron chi connectivity index (χ1n) is 6.71. The first kappa shape index (κ1) is 16.1. The summed E-state index contributed by atoms with van der Waals surface area (Å²) in [7, 11) is 0.749. The van der Waals surface area contributed by atoms with Gasteiger partial charge in [0, 0.05) is 13.0 Å². The van der Waals surface area contributed by atoms with Crippen LogP contribution in [-0.2, 0) is 10.0 Å². The molecule has 1 rings (SSSR count). The third-order valence-electron chi connectivity index (χ3n) is 3.00. The summed E-state index contributed by atoms with van der Waals surface area (Å²) in [6.07, 6.45) is 0.839. The van der Waals surface area contributed by atoms with Crippen LogP contribution < -0.4 is 9.62 Å². The maximum atomic E-state index is 12.0. The highest BCUT2D eigenvalue weighted by Crippen LogP contribution is 2.17. The Labute approximate surface area is 116 Å². The maximum Gasteiger partial charge on any atom is 0.240 e. The lowest BCUT2D eigenvalue weighted by atomic mass is 10.0. The Balaban J connectivity index is 2.62. The zero-order valence-corrected chi connectivity index (χ0v) is 13.0. The van der Waals surface area contributed by atoms with E-state index < -0.39 is 10.0 Å². The van der Waals surface area contributed by atoms with E-state index in [0.717, 1.165) is 18.5 Å². The van der Waals surface area contributed by atoms with Crippen LogP contribution in [0.1, 0.15) is 31.7 Å². The lowest BCUT2D eigenvalue weighted by Gasteiger charge is -2.10. The fourth-order valence-corrected chi connectivity index (χ4v) is 2.84. The highest BCUT2D eigenvalue weighted by Gasteiger charge is 2.13. The second-order valence-corrected chi connectivity index (χ2v) is 7.20. The van der Waals surface area contributed by atoms with Crippen molar-refractivity contribution in [1.29, 1.82) is 0 Å². The van der Waals surface area contributed by atoms with E-state index in [9.17, 15) is 8.42 Å². The van der Waals surface area contributed by atoms with Gasteiger partial charge < -0.3 is 4.90 Å². The van der Waals surface area contributed by atoms with Crippen molar-refractivity contribution in [3.63, 3.8) is 0 Å². The van der Waals surface area contributed by atoms with Gasteiger partial charge in [-0.3, -0.25) is 0 Å². The summed E-state index contributed by atoms with van der Waals surface area (Å²) >= 11 is 0. The van der Waals surface area contributed by atoms with Crippen molar-refractivity contribution >= 4 is 10.0 Å². The Kier molecular flexibility index (Phi) is 5.97. The molecule has 4 nitrogen and oxygen atoms in total. The van der Waals surface area contributed by atoms with Gasteiger partial charge in [-0.2, -0.15) is 0 Å². The van der Waals surface area contributed by atoms with Gasteiger partial charge in [-0.15, -0.1) is 0 Å². The highest BCUT2D eigenvalue weighted by molar-refractivity contribution is 7.89. The topological polar surface area (TPSA) is 50.6 Å². The second kappa shape index (κ2) is 7.03. The molecule has 0 amide bonds. The van der Waals surface area contributed by atoms with E-state index in [-0.39, 0.29) is 0 Å². The van der Waals surface area contributed by atoms with Crippen LogP contribution >= 0.6 is 0 Å². The number of rotatable bonds is 7. The lowest BCUT2D eigenvalue weighted by Crippen LogP contribution is -3.05. The standard InChI is InChI=1S/C14H24N2O2S/c1-12(2)13-6-8-14(9-7-13)19(17,18)15-10-5-11-16(3)4/h6-9,12,15H,5,10-11H2,1-4H3/p+1. The van der Waals surface area contributed by atoms with Crippen molar-refractivity contribution in [1.82, 2.24) is 4.72 Å². The number of sulfonamides is 1. The molecule has 0 bridgehead atoms. The van der Waals surface area contributed by atoms with E-state index in [1.54, 1.807) is 12.1 Å². The van der Waals surface area contributed by atoms with Crippen LogP contribution in [-0.4, -0.2) is 35.6 Å². The van der Waals surface area contributed by atoms with Gasteiger partial charge in [-0.1, -0.05) is 26.0 Å². The predicted molar refractivity (Wildman–Crippen MR) is 78.0 cm³/mol. The summed E-state index contributed by atoms with van der Waals surface area (Å²) in [5.74, 6) is 0.410. The molecule has 0 heterocycles. The minimum Gasteiger partial charge on any atom is -0.340 e. The molecule has 0 aliphatic heterocycles. The van der Waals surface area contributed by atoms with E-state index in [1.165, 1.54) is 4.90 Å². The number of quaternary nitrogens is 1. The molecule has 0 radical (unpaired) electrons. The van der Waals surface area contributed by atoms with Crippen molar-refractivity contribution in [2.45, 2.75) is 31.1 Å². The van der Waals surface area contributed by atoms with Gasteiger partial charge in [0.2, 0.25) is 10.0 Å². The average Bonchev–Trinajstić information content (AvgIpc) is 2.34. The smallest absolute Gasteiger partial charge is 0.240 e. The van der Waals surface area contributed by atoms with Crippen molar-refractivity contribution in [3.8, 4) is 0 Å². The Hall–Kier alpha value is -0.910. The zero-order chi connectivity index (χ0) is 14.5. The maximum absolute atomic E-state index is 12.0. The molecule has 0 unspecified atom stereocenters. The lowest BCUT2D eigenvalue weighted by molar-refractivity contribution is -0.858. The molecule has 2 N–H and O–H groups in total. The number of hydrogen-bond acceptors (Lipinski definition) is 2. The van der Waals surface area contributed by atoms with Crippen molar-refractivity contribution in [3.05, 3.63) is 29.8 Å². The van der Waals surface area contributed by atoms with Crippen LogP contribution in [0.15, 0.2) is 29.2 Å². The molecule has 0 aliphatic carbocycles. The van der Waals surface area contributed by atoms with Crippen molar-refractivity contribution < 1.29 is 13.3 Å². The van der Waals surface area contributed by atoms with Crippen LogP contribution in [0.25, 0.3) is 0 Å². The van der Waals surface area contributed by atoms with Gasteiger partial charge >= 0.3 is 0 Å². The summed E-state index contributed by atoms with van der Waals surface area (Å²) in [6, 6.07) is 7.11. The van der Waals surface area contributed by atoms with Crippen molar-refractivity contribution in [2.24, 2.45) is 0 Å². The summed E-state index contributed by atoms with van der Waals surface area (Å²) in [5.41, 5.74) is 1.15. The first-order valence-corrected chi connectivity index (χ1v) is 8.20. The van der Waals surface area contributed by atoms with Gasteiger partial charge in [0.05, 0.1) is 25.5 Å². The Morgan fingerprint density at radius 2 is 1.74 bits per heavy atom. The van der Waals surface area contributed by atoms with Crippen LogP contribution in [0.4, 0.5) is 0 Å². The van der Waals surface area contributed by atoms with Gasteiger partial charge in [0.15, 0.2) is 0 Å². The molecule has 0 fully saturated rings. The van der Waals surface area contributed by atoms with E-state index >= 15 is 0 Å². The Morgan fingerprint density at radius 3 is 2.21 bits per heavy atom. The molecule has 0 aromatic heterocycles. The minimum atomic E-state index is -3.36. The molecular weight excluding hydrogens is 260 g/mol. The molecule has 19 heavy (non-hydrogen) atoms. The zero-order valence-electron chi connectivity index (χ0n) is 12.2. The van der Waals surface area contributed by atoms with Gasteiger partial charge in [0.25, 0.3) is 0 Å². The van der Waals surface area contributed by atoms with E-state index in [4.69, 9.17) is 0 Å². The molecule has 0 spiro atoms. The first-order chi connectivity index (χ1) is 8.83. The third-order valence-corrected chi connectivity index (χ3v) is 4.48. The quantitative estimate of drug-likeness (QED) is 0.722. The van der Waals surface area contributed by atoms with Gasteiger partial charge in [-0.05, 0) is 23.6 Å². The molecular formula is C14H25N2O2S+. The average molecular weight is 285 g/mol. The van der Waals surface area contributed by atoms with Crippen LogP contribution in [0, 0.1) is 0 Å². The van der Waals surface area contributed by atoms with Crippen LogP contribution in [0.2, 0.25) is 0 Å². The molecule has 0 atom stereocenters. The number of benzene rings is 1. The summed E-state index contributed by atoms with van der Waals surface area (Å²) < 4.78 is 26.7. The van der Waals surface area contributed by atoms with Gasteiger partial charge in [-0.25, -0.2) is 13.1 Å². The minimum absolute atomic E-state index is 0.342. The van der Waals surface area contributed by atoms with Crippen LogP contribution in [0.3, 0.4) is 0 Å². The molecule has 1 aromatic carbocycles. The number of hydrogen-bond donors (Lipinski definition) is 2. The summed E-state index contributed by atoms with van der Waals surface area (Å²) in [6.45, 7) is 5.62. The highest BCUT2D eigenvalue weighted by atomic mass is 32.2. The van der Waals surface area contributed by atoms with Crippen LogP contribution in [0.5, 0.6) is 0 Å². The molecule has 0 saturated carbocycles. The van der Waals surface area contributed by atoms with Gasteiger partial charge in [0.1, 0.15) is 0 Å². The van der Waals surface area contributed by atoms with E-state index in [0.29, 0.717) is 17.4 Å². The largest absolute Gasteiger partial charge is 0.340 e. The van der Waals surface area contributed by atoms with E-state index in [1.807, 2.05) is 12.1 Å². The Morgan fingerprint density at radius 1 is 1.16 bits per heavy atom. The predicted octanol–water partition coefficient (Wildman–Crippen LogP) is 0.623. The third kappa shape index (κ3) is 5.30. The molecule has 0 saturated heterocycles. The second-order valence-electron chi connectivity index (χ2n) is 5.43. The fourth-order valence-electron chi connectivity index (χ4n) is 1.76. The van der Waals surface area contributed by atoms with E-state index in [2.05, 4.69) is 32.7 Å². The summed E-state index contributed by atoms with van der Waals surface area (Å²) in [4.78, 5) is 1.66. The SMILES string of the molecule is CC(C)c1ccc(S(=O)(=O)NCCC[NH+](C)C)cc1. The normalized spacial score (nSPS) is 12.3. The Bertz CT molecular complexity index is 479. The molecule has 5 heteroatoms. The summed E-state index contributed by atoms with van der Waals surface area (Å²) in [5, 5.41) is 0. The molecule has 108 valence electrons. The monoisotopic (exact) mass is 285 g/mol. The number of nitrogens with one attached hydrogen (secondary N) is 2. The van der Waals surface area contributed by atoms with Crippen molar-refractivity contribution in [2.75, 3.05) is 27.2 Å². The molecule has 0 aliphatic rings.